The molecule has 0 saturated heterocycles. The van der Waals surface area contributed by atoms with Crippen molar-refractivity contribution in [2.45, 2.75) is 78.2 Å². The quantitative estimate of drug-likeness (QED) is 0.558. The molecule has 8 atom stereocenters. The Labute approximate surface area is 181 Å². The minimum atomic E-state index is -0.178. The molecule has 30 heavy (non-hydrogen) atoms. The van der Waals surface area contributed by atoms with Crippen LogP contribution < -0.4 is 0 Å². The normalized spacial score (nSPS) is 45.2. The Bertz CT molecular complexity index is 832. The third-order valence-electron chi connectivity index (χ3n) is 9.96. The summed E-state index contributed by atoms with van der Waals surface area (Å²) in [5.41, 5.74) is 0.933. The van der Waals surface area contributed by atoms with Crippen LogP contribution in [-0.2, 0) is 9.53 Å². The molecule has 1 aromatic rings. The lowest BCUT2D eigenvalue weighted by molar-refractivity contribution is -0.148. The average Bonchev–Trinajstić information content (AvgIpc) is 3.04. The monoisotopic (exact) mass is 408 g/mol. The van der Waals surface area contributed by atoms with Crippen molar-refractivity contribution in [3.05, 3.63) is 35.9 Å². The first-order valence-electron chi connectivity index (χ1n) is 12.1. The van der Waals surface area contributed by atoms with Crippen molar-refractivity contribution in [1.29, 1.82) is 0 Å². The number of fused-ring (bicyclic) bond motifs is 5. The lowest BCUT2D eigenvalue weighted by Gasteiger charge is -2.61. The molecule has 4 aliphatic rings. The number of esters is 1. The minimum Gasteiger partial charge on any atom is -0.458 e. The van der Waals surface area contributed by atoms with Crippen molar-refractivity contribution in [1.82, 2.24) is 0 Å². The highest BCUT2D eigenvalue weighted by molar-refractivity contribution is 5.89. The van der Waals surface area contributed by atoms with Gasteiger partial charge in [0.15, 0.2) is 0 Å². The molecule has 0 heterocycles. The first kappa shape index (κ1) is 20.3. The fraction of sp³-hybridized carbons (Fsp3) is 0.704. The van der Waals surface area contributed by atoms with Gasteiger partial charge < -0.3 is 4.74 Å². The summed E-state index contributed by atoms with van der Waals surface area (Å²) in [6.07, 6.45) is 8.86. The van der Waals surface area contributed by atoms with E-state index in [4.69, 9.17) is 4.74 Å². The number of ketones is 1. The number of benzene rings is 1. The molecule has 0 radical (unpaired) electrons. The van der Waals surface area contributed by atoms with Gasteiger partial charge in [0.2, 0.25) is 0 Å². The van der Waals surface area contributed by atoms with Gasteiger partial charge in [0, 0.05) is 11.8 Å². The third kappa shape index (κ3) is 2.99. The molecule has 4 fully saturated rings. The Kier molecular flexibility index (Phi) is 4.87. The molecular weight excluding hydrogens is 372 g/mol. The molecule has 4 aliphatic carbocycles. The molecule has 1 aromatic carbocycles. The Balaban J connectivity index is 1.33. The van der Waals surface area contributed by atoms with Crippen molar-refractivity contribution in [3.8, 4) is 0 Å². The first-order chi connectivity index (χ1) is 14.3. The van der Waals surface area contributed by atoms with Crippen LogP contribution >= 0.6 is 0 Å². The number of carbonyl (C=O) groups excluding carboxylic acids is 2. The molecular formula is C27H36O3. The molecule has 0 aromatic heterocycles. The largest absolute Gasteiger partial charge is 0.458 e. The van der Waals surface area contributed by atoms with Crippen molar-refractivity contribution < 1.29 is 14.3 Å². The Morgan fingerprint density at radius 2 is 1.80 bits per heavy atom. The number of carbonyl (C=O) groups is 2. The maximum absolute atomic E-state index is 12.7. The molecule has 0 amide bonds. The lowest BCUT2D eigenvalue weighted by Crippen LogP contribution is -2.55. The fourth-order valence-electron chi connectivity index (χ4n) is 8.29. The van der Waals surface area contributed by atoms with E-state index in [-0.39, 0.29) is 17.5 Å². The van der Waals surface area contributed by atoms with E-state index in [1.807, 2.05) is 30.3 Å². The Morgan fingerprint density at radius 1 is 1.03 bits per heavy atom. The van der Waals surface area contributed by atoms with E-state index in [1.165, 1.54) is 19.3 Å². The molecule has 0 aliphatic heterocycles. The van der Waals surface area contributed by atoms with Crippen LogP contribution in [0.25, 0.3) is 0 Å². The standard InChI is InChI=1S/C27H36O3/c1-17-16-27(3)19(15-23(17)30-25(29)18-7-5-4-6-8-18)9-10-20-21-11-12-24(28)26(21,2)14-13-22(20)27/h4-8,17,19-23H,9-16H2,1-3H3/t17-,19+,20-,21-,22-,23-,26-,27-/m0/s1. The minimum absolute atomic E-state index is 0.0224. The van der Waals surface area contributed by atoms with Gasteiger partial charge >= 0.3 is 5.97 Å². The lowest BCUT2D eigenvalue weighted by atomic mass is 9.44. The van der Waals surface area contributed by atoms with Crippen molar-refractivity contribution in [3.63, 3.8) is 0 Å². The van der Waals surface area contributed by atoms with Gasteiger partial charge in [-0.05, 0) is 92.1 Å². The zero-order valence-electron chi connectivity index (χ0n) is 18.7. The maximum Gasteiger partial charge on any atom is 0.338 e. The van der Waals surface area contributed by atoms with Crippen LogP contribution in [0.2, 0.25) is 0 Å². The second kappa shape index (κ2) is 7.21. The van der Waals surface area contributed by atoms with E-state index in [9.17, 15) is 9.59 Å². The Morgan fingerprint density at radius 3 is 2.57 bits per heavy atom. The van der Waals surface area contributed by atoms with Crippen LogP contribution in [0.1, 0.15) is 82.5 Å². The number of rotatable bonds is 2. The fourth-order valence-corrected chi connectivity index (χ4v) is 8.29. The summed E-state index contributed by atoms with van der Waals surface area (Å²) in [7, 11) is 0. The van der Waals surface area contributed by atoms with Crippen LogP contribution in [0.4, 0.5) is 0 Å². The highest BCUT2D eigenvalue weighted by Crippen LogP contribution is 2.66. The topological polar surface area (TPSA) is 43.4 Å². The van der Waals surface area contributed by atoms with Crippen molar-refractivity contribution in [2.24, 2.45) is 40.4 Å². The van der Waals surface area contributed by atoms with Crippen LogP contribution in [-0.4, -0.2) is 17.9 Å². The van der Waals surface area contributed by atoms with Crippen molar-refractivity contribution >= 4 is 11.8 Å². The molecule has 0 spiro atoms. The SMILES string of the molecule is C[C@H]1C[C@@]2(C)[C@H](CC[C@@H]3[C@@H]2CC[C@]2(C)C(=O)CC[C@@H]32)C[C@@H]1OC(=O)c1ccccc1. The summed E-state index contributed by atoms with van der Waals surface area (Å²) in [6.45, 7) is 7.07. The summed E-state index contributed by atoms with van der Waals surface area (Å²) in [5.74, 6) is 3.41. The summed E-state index contributed by atoms with van der Waals surface area (Å²) in [5, 5.41) is 0. The van der Waals surface area contributed by atoms with Crippen LogP contribution in [0.3, 0.4) is 0 Å². The maximum atomic E-state index is 12.7. The van der Waals surface area contributed by atoms with Gasteiger partial charge in [-0.1, -0.05) is 39.0 Å². The Hall–Kier alpha value is -1.64. The van der Waals surface area contributed by atoms with E-state index in [0.717, 1.165) is 38.0 Å². The summed E-state index contributed by atoms with van der Waals surface area (Å²) < 4.78 is 6.04. The molecule has 3 nitrogen and oxygen atoms in total. The van der Waals surface area contributed by atoms with Gasteiger partial charge in [0.1, 0.15) is 11.9 Å². The van der Waals surface area contributed by atoms with Crippen LogP contribution in [0.15, 0.2) is 30.3 Å². The molecule has 5 rings (SSSR count). The summed E-state index contributed by atoms with van der Waals surface area (Å²) in [6, 6.07) is 9.39. The van der Waals surface area contributed by atoms with Gasteiger partial charge in [-0.2, -0.15) is 0 Å². The summed E-state index contributed by atoms with van der Waals surface area (Å²) in [4.78, 5) is 25.3. The smallest absolute Gasteiger partial charge is 0.338 e. The molecule has 0 unspecified atom stereocenters. The second-order valence-corrected chi connectivity index (χ2v) is 11.3. The zero-order valence-corrected chi connectivity index (χ0v) is 18.7. The number of Topliss-reactive ketones (excluding diaryl/α,β-unsaturated/α-hetero) is 1. The third-order valence-corrected chi connectivity index (χ3v) is 9.96. The highest BCUT2D eigenvalue weighted by atomic mass is 16.5. The summed E-state index contributed by atoms with van der Waals surface area (Å²) >= 11 is 0. The number of ether oxygens (including phenoxy) is 1. The average molecular weight is 409 g/mol. The van der Waals surface area contributed by atoms with Crippen LogP contribution in [0, 0.1) is 40.4 Å². The number of hydrogen-bond acceptors (Lipinski definition) is 3. The van der Waals surface area contributed by atoms with Gasteiger partial charge in [0.25, 0.3) is 0 Å². The van der Waals surface area contributed by atoms with E-state index in [0.29, 0.717) is 40.4 Å². The molecule has 162 valence electrons. The molecule has 4 saturated carbocycles. The molecule has 3 heteroatoms. The predicted molar refractivity (Wildman–Crippen MR) is 117 cm³/mol. The zero-order chi connectivity index (χ0) is 21.1. The van der Waals surface area contributed by atoms with Gasteiger partial charge in [-0.25, -0.2) is 4.79 Å². The molecule has 0 bridgehead atoms. The van der Waals surface area contributed by atoms with E-state index >= 15 is 0 Å². The highest BCUT2D eigenvalue weighted by Gasteiger charge is 2.61. The number of hydrogen-bond donors (Lipinski definition) is 0. The van der Waals surface area contributed by atoms with Gasteiger partial charge in [-0.3, -0.25) is 4.79 Å². The second-order valence-electron chi connectivity index (χ2n) is 11.3. The van der Waals surface area contributed by atoms with E-state index < -0.39 is 0 Å². The predicted octanol–water partition coefficient (Wildman–Crippen LogP) is 6.07. The molecule has 0 N–H and O–H groups in total. The van der Waals surface area contributed by atoms with E-state index in [2.05, 4.69) is 20.8 Å². The van der Waals surface area contributed by atoms with Gasteiger partial charge in [-0.15, -0.1) is 0 Å². The first-order valence-corrected chi connectivity index (χ1v) is 12.1. The van der Waals surface area contributed by atoms with Crippen LogP contribution in [0.5, 0.6) is 0 Å². The van der Waals surface area contributed by atoms with E-state index in [1.54, 1.807) is 0 Å². The van der Waals surface area contributed by atoms with Gasteiger partial charge in [0.05, 0.1) is 5.56 Å². The van der Waals surface area contributed by atoms with Crippen molar-refractivity contribution in [2.75, 3.05) is 0 Å².